The van der Waals surface area contributed by atoms with Gasteiger partial charge in [-0.3, -0.25) is 4.90 Å². The lowest BCUT2D eigenvalue weighted by Gasteiger charge is -2.20. The van der Waals surface area contributed by atoms with E-state index in [9.17, 15) is 4.79 Å². The minimum absolute atomic E-state index is 0.112. The van der Waals surface area contributed by atoms with Crippen LogP contribution in [0, 0.1) is 0 Å². The molecule has 0 aliphatic carbocycles. The summed E-state index contributed by atoms with van der Waals surface area (Å²) in [7, 11) is 1.32. The van der Waals surface area contributed by atoms with Gasteiger partial charge in [-0.2, -0.15) is 0 Å². The standard InChI is InChI=1S/C11H20N4O2/c1-4-6-14(7-5-2)9-15-8-12-10(13-15)11(16)17-3/h8H,4-7,9H2,1-3H3. The van der Waals surface area contributed by atoms with E-state index in [0.29, 0.717) is 6.67 Å². The average molecular weight is 240 g/mol. The number of carbonyl (C=O) groups is 1. The Labute approximate surface area is 102 Å². The third kappa shape index (κ3) is 4.14. The normalized spacial score (nSPS) is 10.8. The van der Waals surface area contributed by atoms with Crippen LogP contribution >= 0.6 is 0 Å². The van der Waals surface area contributed by atoms with Gasteiger partial charge in [-0.05, 0) is 25.9 Å². The molecule has 1 aromatic rings. The summed E-state index contributed by atoms with van der Waals surface area (Å²) in [4.78, 5) is 17.4. The van der Waals surface area contributed by atoms with E-state index in [4.69, 9.17) is 0 Å². The maximum absolute atomic E-state index is 11.2. The zero-order valence-electron chi connectivity index (χ0n) is 10.7. The number of carbonyl (C=O) groups excluding carboxylic acids is 1. The lowest BCUT2D eigenvalue weighted by Crippen LogP contribution is -2.28. The number of hydrogen-bond acceptors (Lipinski definition) is 5. The summed E-state index contributed by atoms with van der Waals surface area (Å²) in [6.45, 7) is 6.97. The van der Waals surface area contributed by atoms with E-state index in [-0.39, 0.29) is 5.82 Å². The summed E-state index contributed by atoms with van der Waals surface area (Å²) in [5.74, 6) is -0.387. The molecule has 0 aromatic carbocycles. The van der Waals surface area contributed by atoms with E-state index in [2.05, 4.69) is 33.6 Å². The third-order valence-electron chi connectivity index (χ3n) is 2.33. The van der Waals surface area contributed by atoms with Crippen molar-refractivity contribution in [3.8, 4) is 0 Å². The van der Waals surface area contributed by atoms with Gasteiger partial charge in [0.2, 0.25) is 0 Å². The molecule has 0 atom stereocenters. The zero-order chi connectivity index (χ0) is 12.7. The predicted octanol–water partition coefficient (Wildman–Crippen LogP) is 1.14. The summed E-state index contributed by atoms with van der Waals surface area (Å²) < 4.78 is 6.22. The van der Waals surface area contributed by atoms with Crippen molar-refractivity contribution < 1.29 is 9.53 Å². The number of aromatic nitrogens is 3. The molecule has 1 heterocycles. The third-order valence-corrected chi connectivity index (χ3v) is 2.33. The van der Waals surface area contributed by atoms with Crippen LogP contribution in [0.5, 0.6) is 0 Å². The fraction of sp³-hybridized carbons (Fsp3) is 0.727. The highest BCUT2D eigenvalue weighted by atomic mass is 16.5. The Bertz CT molecular complexity index is 345. The quantitative estimate of drug-likeness (QED) is 0.669. The van der Waals surface area contributed by atoms with Crippen molar-refractivity contribution in [2.24, 2.45) is 0 Å². The largest absolute Gasteiger partial charge is 0.463 e. The van der Waals surface area contributed by atoms with E-state index in [1.54, 1.807) is 11.0 Å². The smallest absolute Gasteiger partial charge is 0.377 e. The molecular formula is C11H20N4O2. The van der Waals surface area contributed by atoms with Crippen LogP contribution in [0.3, 0.4) is 0 Å². The van der Waals surface area contributed by atoms with E-state index >= 15 is 0 Å². The molecule has 0 N–H and O–H groups in total. The second-order valence-electron chi connectivity index (χ2n) is 3.86. The Morgan fingerprint density at radius 1 is 1.41 bits per heavy atom. The molecule has 0 bridgehead atoms. The molecule has 0 saturated carbocycles. The van der Waals surface area contributed by atoms with Crippen molar-refractivity contribution in [3.63, 3.8) is 0 Å². The first kappa shape index (κ1) is 13.6. The zero-order valence-corrected chi connectivity index (χ0v) is 10.7. The molecule has 0 fully saturated rings. The number of esters is 1. The summed E-state index contributed by atoms with van der Waals surface area (Å²) >= 11 is 0. The first-order chi connectivity index (χ1) is 8.21. The minimum Gasteiger partial charge on any atom is -0.463 e. The topological polar surface area (TPSA) is 60.2 Å². The molecule has 0 saturated heterocycles. The van der Waals surface area contributed by atoms with Crippen molar-refractivity contribution in [1.82, 2.24) is 19.7 Å². The van der Waals surface area contributed by atoms with Crippen LogP contribution in [0.2, 0.25) is 0 Å². The van der Waals surface area contributed by atoms with Gasteiger partial charge in [-0.25, -0.2) is 14.5 Å². The molecule has 0 unspecified atom stereocenters. The van der Waals surface area contributed by atoms with Crippen LogP contribution < -0.4 is 0 Å². The first-order valence-electron chi connectivity index (χ1n) is 5.91. The summed E-state index contributed by atoms with van der Waals surface area (Å²) in [5.41, 5.74) is 0. The molecule has 0 radical (unpaired) electrons. The Kier molecular flexibility index (Phi) is 5.62. The molecule has 96 valence electrons. The van der Waals surface area contributed by atoms with Gasteiger partial charge in [-0.15, -0.1) is 5.10 Å². The first-order valence-corrected chi connectivity index (χ1v) is 5.91. The van der Waals surface area contributed by atoms with Gasteiger partial charge in [0.05, 0.1) is 13.8 Å². The van der Waals surface area contributed by atoms with E-state index in [1.807, 2.05) is 0 Å². The van der Waals surface area contributed by atoms with Crippen LogP contribution in [-0.4, -0.2) is 45.8 Å². The van der Waals surface area contributed by atoms with Gasteiger partial charge in [0.15, 0.2) is 0 Å². The lowest BCUT2D eigenvalue weighted by atomic mass is 10.4. The molecule has 6 nitrogen and oxygen atoms in total. The van der Waals surface area contributed by atoms with Crippen molar-refractivity contribution in [1.29, 1.82) is 0 Å². The second kappa shape index (κ2) is 7.01. The van der Waals surface area contributed by atoms with Crippen LogP contribution in [-0.2, 0) is 11.4 Å². The fourth-order valence-corrected chi connectivity index (χ4v) is 1.64. The number of rotatable bonds is 7. The maximum Gasteiger partial charge on any atom is 0.377 e. The summed E-state index contributed by atoms with van der Waals surface area (Å²) in [5, 5.41) is 4.07. The predicted molar refractivity (Wildman–Crippen MR) is 63.5 cm³/mol. The molecule has 0 amide bonds. The van der Waals surface area contributed by atoms with Gasteiger partial charge >= 0.3 is 5.97 Å². The number of nitrogens with zero attached hydrogens (tertiary/aromatic N) is 4. The van der Waals surface area contributed by atoms with Gasteiger partial charge in [0, 0.05) is 0 Å². The van der Waals surface area contributed by atoms with Crippen LogP contribution in [0.25, 0.3) is 0 Å². The van der Waals surface area contributed by atoms with Crippen LogP contribution in [0.15, 0.2) is 6.33 Å². The number of hydrogen-bond donors (Lipinski definition) is 0. The fourth-order valence-electron chi connectivity index (χ4n) is 1.64. The average Bonchev–Trinajstić information content (AvgIpc) is 2.77. The summed E-state index contributed by atoms with van der Waals surface area (Å²) in [6.07, 6.45) is 3.75. The molecule has 17 heavy (non-hydrogen) atoms. The lowest BCUT2D eigenvalue weighted by molar-refractivity contribution is 0.0585. The Balaban J connectivity index is 2.60. The molecule has 1 aromatic heterocycles. The summed E-state index contributed by atoms with van der Waals surface area (Å²) in [6, 6.07) is 0. The highest BCUT2D eigenvalue weighted by molar-refractivity contribution is 5.84. The Morgan fingerprint density at radius 3 is 2.59 bits per heavy atom. The van der Waals surface area contributed by atoms with Crippen molar-refractivity contribution in [2.45, 2.75) is 33.4 Å². The van der Waals surface area contributed by atoms with Crippen molar-refractivity contribution in [2.75, 3.05) is 20.2 Å². The van der Waals surface area contributed by atoms with Crippen LogP contribution in [0.1, 0.15) is 37.3 Å². The number of methoxy groups -OCH3 is 1. The molecule has 1 rings (SSSR count). The van der Waals surface area contributed by atoms with Gasteiger partial charge in [0.1, 0.15) is 6.33 Å². The van der Waals surface area contributed by atoms with Crippen LogP contribution in [0.4, 0.5) is 0 Å². The van der Waals surface area contributed by atoms with Crippen molar-refractivity contribution in [3.05, 3.63) is 12.2 Å². The van der Waals surface area contributed by atoms with E-state index < -0.39 is 5.97 Å². The highest BCUT2D eigenvalue weighted by Gasteiger charge is 2.12. The monoisotopic (exact) mass is 240 g/mol. The molecular weight excluding hydrogens is 220 g/mol. The van der Waals surface area contributed by atoms with E-state index in [1.165, 1.54) is 7.11 Å². The minimum atomic E-state index is -0.499. The number of ether oxygens (including phenoxy) is 1. The molecule has 6 heteroatoms. The molecule has 0 aliphatic heterocycles. The highest BCUT2D eigenvalue weighted by Crippen LogP contribution is 1.99. The van der Waals surface area contributed by atoms with Gasteiger partial charge in [-0.1, -0.05) is 13.8 Å². The SMILES string of the molecule is CCCN(CCC)Cn1cnc(C(=O)OC)n1. The van der Waals surface area contributed by atoms with Crippen molar-refractivity contribution >= 4 is 5.97 Å². The molecule has 0 spiro atoms. The molecule has 0 aliphatic rings. The second-order valence-corrected chi connectivity index (χ2v) is 3.86. The maximum atomic E-state index is 11.2. The van der Waals surface area contributed by atoms with Gasteiger partial charge in [0.25, 0.3) is 5.82 Å². The van der Waals surface area contributed by atoms with Gasteiger partial charge < -0.3 is 4.74 Å². The van der Waals surface area contributed by atoms with E-state index in [0.717, 1.165) is 25.9 Å². The Morgan fingerprint density at radius 2 is 2.06 bits per heavy atom. The Hall–Kier alpha value is -1.43.